The third-order valence-corrected chi connectivity index (χ3v) is 25.9. The van der Waals surface area contributed by atoms with Gasteiger partial charge < -0.3 is 52.8 Å². The second-order valence-electron chi connectivity index (χ2n) is 36.3. The molecule has 0 heterocycles. The van der Waals surface area contributed by atoms with Gasteiger partial charge in [-0.25, -0.2) is 0 Å². The summed E-state index contributed by atoms with van der Waals surface area (Å²) in [6.07, 6.45) is 84.0. The molecule has 0 aliphatic heterocycles. The van der Waals surface area contributed by atoms with Crippen LogP contribution in [0.25, 0.3) is 71.4 Å². The number of anilines is 7. The Morgan fingerprint density at radius 3 is 1.26 bits per heavy atom. The number of rotatable bonds is 45. The van der Waals surface area contributed by atoms with Crippen molar-refractivity contribution in [2.75, 3.05) is 69.4 Å². The molecule has 11 nitrogen and oxygen atoms in total. The van der Waals surface area contributed by atoms with Crippen LogP contribution >= 0.6 is 0 Å². The van der Waals surface area contributed by atoms with Crippen LogP contribution in [0.4, 0.5) is 39.8 Å². The maximum Gasteiger partial charge on any atom is 0.119 e. The van der Waals surface area contributed by atoms with Crippen molar-refractivity contribution in [3.05, 3.63) is 581 Å². The molecule has 11 aromatic rings. The Hall–Kier alpha value is -17.6. The number of aryl methyl sites for hydroxylation is 1. The van der Waals surface area contributed by atoms with Gasteiger partial charge in [0.25, 0.3) is 0 Å². The molecule has 0 amide bonds. The summed E-state index contributed by atoms with van der Waals surface area (Å²) in [4.78, 5) is 8.88. The summed E-state index contributed by atoms with van der Waals surface area (Å²) < 4.78 is 38.5. The predicted molar refractivity (Wildman–Crippen MR) is 637 cm³/mol. The highest BCUT2D eigenvalue weighted by molar-refractivity contribution is 5.89. The molecule has 0 radical (unpaired) electrons. The minimum Gasteiger partial charge on any atom is -0.497 e. The minimum atomic E-state index is 0.0582. The molecule has 3 aliphatic rings. The van der Waals surface area contributed by atoms with Crippen molar-refractivity contribution in [3.8, 4) is 34.1 Å². The number of hydrogen-bond acceptors (Lipinski definition) is 11. The second kappa shape index (κ2) is 54.9. The second-order valence-corrected chi connectivity index (χ2v) is 36.3. The van der Waals surface area contributed by atoms with Gasteiger partial charge in [-0.1, -0.05) is 340 Å². The number of hydrogen-bond donors (Lipinski definition) is 0. The van der Waals surface area contributed by atoms with E-state index in [1.54, 1.807) is 55.8 Å². The smallest absolute Gasteiger partial charge is 0.119 e. The van der Waals surface area contributed by atoms with Crippen molar-refractivity contribution in [2.24, 2.45) is 0 Å². The van der Waals surface area contributed by atoms with E-state index in [9.17, 15) is 0 Å². The Morgan fingerprint density at radius 2 is 0.799 bits per heavy atom. The lowest BCUT2D eigenvalue weighted by Gasteiger charge is -2.33. The van der Waals surface area contributed by atoms with E-state index < -0.39 is 0 Å². The maximum atomic E-state index is 5.64. The van der Waals surface area contributed by atoms with Crippen LogP contribution in [0.1, 0.15) is 115 Å². The first kappa shape index (κ1) is 107. The van der Waals surface area contributed by atoms with E-state index in [-0.39, 0.29) is 12.1 Å². The molecule has 2 atom stereocenters. The normalized spacial score (nSPS) is 15.1. The zero-order valence-corrected chi connectivity index (χ0v) is 87.6. The van der Waals surface area contributed by atoms with Crippen LogP contribution in [0.15, 0.2) is 519 Å². The minimum absolute atomic E-state index is 0.0582. The zero-order chi connectivity index (χ0) is 105. The van der Waals surface area contributed by atoms with E-state index in [0.29, 0.717) is 11.5 Å². The van der Waals surface area contributed by atoms with Crippen molar-refractivity contribution in [1.82, 2.24) is 0 Å². The molecule has 3 aliphatic carbocycles. The van der Waals surface area contributed by atoms with Gasteiger partial charge in [0, 0.05) is 70.2 Å². The Bertz CT molecular complexity index is 7210. The lowest BCUT2D eigenvalue weighted by molar-refractivity contribution is 0.142. The average Bonchev–Trinajstić information content (AvgIpc) is 0.788. The summed E-state index contributed by atoms with van der Waals surface area (Å²) in [6, 6.07) is 89.7. The van der Waals surface area contributed by atoms with E-state index in [1.807, 2.05) is 126 Å². The van der Waals surface area contributed by atoms with Crippen LogP contribution in [0, 0.1) is 6.92 Å². The van der Waals surface area contributed by atoms with Crippen molar-refractivity contribution in [3.63, 3.8) is 0 Å². The third-order valence-electron chi connectivity index (χ3n) is 25.9. The number of benzene rings is 11. The van der Waals surface area contributed by atoms with Crippen molar-refractivity contribution in [2.45, 2.75) is 72.4 Å². The van der Waals surface area contributed by atoms with Gasteiger partial charge in [0.05, 0.1) is 54.8 Å². The molecule has 14 rings (SSSR count). The first-order valence-corrected chi connectivity index (χ1v) is 50.3. The Kier molecular flexibility index (Phi) is 39.5. The van der Waals surface area contributed by atoms with Crippen molar-refractivity contribution in [1.29, 1.82) is 0 Å². The van der Waals surface area contributed by atoms with Gasteiger partial charge in [0.2, 0.25) is 0 Å². The Labute approximate surface area is 883 Å². The highest BCUT2D eigenvalue weighted by atomic mass is 16.5. The third kappa shape index (κ3) is 31.2. The summed E-state index contributed by atoms with van der Waals surface area (Å²) in [5, 5.41) is 0. The van der Waals surface area contributed by atoms with E-state index in [4.69, 9.17) is 33.2 Å². The van der Waals surface area contributed by atoms with E-state index >= 15 is 0 Å². The average molecular weight is 1960 g/mol. The summed E-state index contributed by atoms with van der Waals surface area (Å²) in [6.45, 7) is 27.5. The summed E-state index contributed by atoms with van der Waals surface area (Å²) >= 11 is 0. The van der Waals surface area contributed by atoms with Gasteiger partial charge in [-0.3, -0.25) is 0 Å². The van der Waals surface area contributed by atoms with Crippen LogP contribution in [-0.2, 0) is 14.2 Å². The topological polar surface area (TPSA) is 77.6 Å². The van der Waals surface area contributed by atoms with Crippen LogP contribution in [0.3, 0.4) is 0 Å². The molecule has 0 bridgehead atoms. The fourth-order valence-corrected chi connectivity index (χ4v) is 17.1. The fourth-order valence-electron chi connectivity index (χ4n) is 17.1. The molecule has 0 saturated heterocycles. The zero-order valence-electron chi connectivity index (χ0n) is 87.6. The monoisotopic (exact) mass is 1960 g/mol. The molecule has 11 heteroatoms. The Morgan fingerprint density at radius 1 is 0.356 bits per heavy atom. The molecule has 0 saturated carbocycles. The summed E-state index contributed by atoms with van der Waals surface area (Å²) in [5.74, 6) is 4.57. The van der Waals surface area contributed by atoms with Gasteiger partial charge in [0.15, 0.2) is 0 Å². The van der Waals surface area contributed by atoms with Gasteiger partial charge in [-0.2, -0.15) is 0 Å². The number of allylic oxidation sites excluding steroid dienone is 32. The largest absolute Gasteiger partial charge is 0.497 e. The summed E-state index contributed by atoms with van der Waals surface area (Å²) in [7, 11) is 11.8. The van der Waals surface area contributed by atoms with Gasteiger partial charge in [0.1, 0.15) is 34.5 Å². The SMILES string of the molecule is C=CC(/C=C/C=C/C=C(C=C)/C=C/c1cc(-c2ccc(/C=C/C(C)=C/C=C(C)/C=C/c3ccc(N(C4=CCC(OC)C=C4)c4ccc(OC)cc4)cc3)cc2)c(/C=C/c2ccc(/C=C/c3ccc(N(c4ccc(OC)cc4)c4ccc(OC)cc4)cc3)cc2)cc1C1=CC=C(/C=C/c2ccc(/C=C/C(C)=C/C=C(\C)N(c3ccc(C)cc3)C3C=CC(OC)=CC3)cc2)CC1)=C\C=C\N(C(=C)/C=C\C(=C)OC)c1ccc(OC)cc1. The highest BCUT2D eigenvalue weighted by Gasteiger charge is 2.23. The number of ether oxygens (including phenoxy) is 7. The molecule has 0 N–H and O–H groups in total. The van der Waals surface area contributed by atoms with Crippen LogP contribution in [-0.4, -0.2) is 61.9 Å². The number of methoxy groups -OCH3 is 7. The first-order valence-electron chi connectivity index (χ1n) is 50.3. The molecule has 11 aromatic carbocycles. The molecule has 0 aromatic heterocycles. The highest BCUT2D eigenvalue weighted by Crippen LogP contribution is 2.42. The van der Waals surface area contributed by atoms with Crippen LogP contribution < -0.4 is 38.5 Å². The van der Waals surface area contributed by atoms with Crippen molar-refractivity contribution < 1.29 is 33.2 Å². The lowest BCUT2D eigenvalue weighted by Crippen LogP contribution is -2.33. The molecular weight excluding hydrogens is 1830 g/mol. The van der Waals surface area contributed by atoms with Gasteiger partial charge in [-0.15, -0.1) is 0 Å². The van der Waals surface area contributed by atoms with Crippen LogP contribution in [0.5, 0.6) is 23.0 Å². The van der Waals surface area contributed by atoms with Crippen LogP contribution in [0.2, 0.25) is 0 Å². The molecule has 2 unspecified atom stereocenters. The predicted octanol–water partition coefficient (Wildman–Crippen LogP) is 35.8. The molecule has 748 valence electrons. The van der Waals surface area contributed by atoms with Crippen molar-refractivity contribution >= 4 is 100 Å². The number of nitrogens with zero attached hydrogens (tertiary/aromatic N) is 4. The maximum absolute atomic E-state index is 5.64. The Balaban J connectivity index is 0.755. The van der Waals surface area contributed by atoms with E-state index in [1.165, 1.54) is 16.7 Å². The molecule has 0 fully saturated rings. The van der Waals surface area contributed by atoms with E-state index in [2.05, 4.69) is 434 Å². The van der Waals surface area contributed by atoms with Gasteiger partial charge >= 0.3 is 0 Å². The fraction of sp³-hybridized carbons (Fsp3) is 0.130. The standard InChI is InChI=1S/C138H134N4O7/c1-17-108(25-22-98-139(105(7)35-36-107(9)143-10)122-74-86-131(144-11)87-75-122)23-20-19-21-24-109(18-2)52-66-120-99-138(118-62-53-111(54-63-118)38-29-101(3)26-27-102(4)30-39-112-58-70-125(71-59-112)141(127-78-90-133(146-13)91-79-127)128-80-92-134(147-14)93-81-128)121(67-57-115-48-44-114(45-49-115)47-51-117-60-72-126(73-61-117)142(129-82-94-135(148-15)95-83-129)130-84-96-136(149-16)97-85-130)100-137(120)119-64-55-116(56-65-119)50-46-113-42-40-110(41-43-113)37-31-103(5)28-34-106(8)140(123-68-32-104(6)33-69-123)124-76-88-132(145-12)89-77-124/h17-55,57-64,66-76,78-92,94-100,124,134H,1-2,7,9,56,65,77,93H2,3-6,8,10-16H3/b21-19+,23-20+,36-35-,37-31+,38-29+,39-30+,50-46+,51-47+,66-52+,67-57+,98-22+,101-26+,102-27+,103-28+,106-34+,108-25+,109-24+. The first-order chi connectivity index (χ1) is 72.7. The lowest BCUT2D eigenvalue weighted by atomic mass is 9.86. The molecular formula is C138H134N4O7. The molecule has 0 spiro atoms. The van der Waals surface area contributed by atoms with E-state index in [0.717, 1.165) is 200 Å². The quantitative estimate of drug-likeness (QED) is 0.0208. The van der Waals surface area contributed by atoms with Gasteiger partial charge in [-0.05, 0) is 337 Å². The molecule has 149 heavy (non-hydrogen) atoms. The summed E-state index contributed by atoms with van der Waals surface area (Å²) in [5.41, 5.74) is 32.3.